The molecule has 4 nitrogen and oxygen atoms in total. The van der Waals surface area contributed by atoms with Crippen molar-refractivity contribution in [2.45, 2.75) is 38.1 Å². The number of hydrogen-bond donors (Lipinski definition) is 0. The molecule has 1 fully saturated rings. The molecule has 94 valence electrons. The van der Waals surface area contributed by atoms with E-state index in [0.29, 0.717) is 10.7 Å². The van der Waals surface area contributed by atoms with Crippen LogP contribution in [0.1, 0.15) is 26.0 Å². The Morgan fingerprint density at radius 1 is 1.47 bits per heavy atom. The lowest BCUT2D eigenvalue weighted by molar-refractivity contribution is 0.232. The summed E-state index contributed by atoms with van der Waals surface area (Å²) in [6.45, 7) is 7.94. The fourth-order valence-corrected chi connectivity index (χ4v) is 2.42. The van der Waals surface area contributed by atoms with Crippen LogP contribution >= 0.6 is 15.9 Å². The summed E-state index contributed by atoms with van der Waals surface area (Å²) < 4.78 is 5.63. The van der Waals surface area contributed by atoms with E-state index in [0.717, 1.165) is 31.2 Å². The first kappa shape index (κ1) is 12.6. The Hall–Kier alpha value is -0.840. The highest BCUT2D eigenvalue weighted by Crippen LogP contribution is 2.23. The molecule has 1 unspecified atom stereocenters. The van der Waals surface area contributed by atoms with Crippen LogP contribution < -0.4 is 9.64 Å². The zero-order valence-corrected chi connectivity index (χ0v) is 12.1. The molecule has 1 aromatic rings. The van der Waals surface area contributed by atoms with Crippen LogP contribution in [0.4, 0.5) is 5.95 Å². The van der Waals surface area contributed by atoms with Crippen LogP contribution in [0.3, 0.4) is 0 Å². The minimum atomic E-state index is 0.139. The number of rotatable bonds is 3. The number of aryl methyl sites for hydroxylation is 1. The molecule has 1 aliphatic heterocycles. The average Bonchev–Trinajstić information content (AvgIpc) is 2.62. The Morgan fingerprint density at radius 3 is 2.82 bits per heavy atom. The van der Waals surface area contributed by atoms with Gasteiger partial charge in [-0.25, -0.2) is 4.98 Å². The minimum absolute atomic E-state index is 0.139. The van der Waals surface area contributed by atoms with Crippen molar-refractivity contribution in [2.24, 2.45) is 0 Å². The van der Waals surface area contributed by atoms with Crippen LogP contribution in [-0.4, -0.2) is 34.0 Å². The number of nitrogens with zero attached hydrogens (tertiary/aromatic N) is 3. The Morgan fingerprint density at radius 2 is 2.24 bits per heavy atom. The second-order valence-corrected chi connectivity index (χ2v) is 5.94. The number of anilines is 1. The van der Waals surface area contributed by atoms with E-state index < -0.39 is 0 Å². The summed E-state index contributed by atoms with van der Waals surface area (Å²) in [5.41, 5.74) is 0.948. The number of alkyl halides is 1. The third-order valence-corrected chi connectivity index (χ3v) is 3.34. The molecule has 1 saturated heterocycles. The van der Waals surface area contributed by atoms with Gasteiger partial charge in [-0.3, -0.25) is 0 Å². The van der Waals surface area contributed by atoms with Crippen molar-refractivity contribution >= 4 is 21.9 Å². The lowest BCUT2D eigenvalue weighted by atomic mass is 10.4. The van der Waals surface area contributed by atoms with Crippen molar-refractivity contribution in [3.8, 4) is 5.88 Å². The van der Waals surface area contributed by atoms with Crippen LogP contribution in [-0.2, 0) is 0 Å². The van der Waals surface area contributed by atoms with Crippen molar-refractivity contribution in [1.82, 2.24) is 9.97 Å². The van der Waals surface area contributed by atoms with Gasteiger partial charge in [0.2, 0.25) is 11.8 Å². The molecule has 2 heterocycles. The van der Waals surface area contributed by atoms with E-state index in [1.165, 1.54) is 0 Å². The van der Waals surface area contributed by atoms with E-state index in [-0.39, 0.29) is 6.10 Å². The Balaban J connectivity index is 2.19. The van der Waals surface area contributed by atoms with Gasteiger partial charge in [-0.15, -0.1) is 0 Å². The maximum Gasteiger partial charge on any atom is 0.228 e. The summed E-state index contributed by atoms with van der Waals surface area (Å²) in [5.74, 6) is 1.45. The second-order valence-electron chi connectivity index (χ2n) is 4.65. The smallest absolute Gasteiger partial charge is 0.228 e. The van der Waals surface area contributed by atoms with E-state index >= 15 is 0 Å². The van der Waals surface area contributed by atoms with Gasteiger partial charge in [0.05, 0.1) is 6.10 Å². The molecule has 0 N–H and O–H groups in total. The zero-order chi connectivity index (χ0) is 12.4. The minimum Gasteiger partial charge on any atom is -0.475 e. The molecule has 17 heavy (non-hydrogen) atoms. The standard InChI is InChI=1S/C12H18BrN3O/c1-8(2)17-11-6-9(3)14-12(15-11)16-5-4-10(13)7-16/h6,8,10H,4-5,7H2,1-3H3. The van der Waals surface area contributed by atoms with Gasteiger partial charge in [0, 0.05) is 29.7 Å². The van der Waals surface area contributed by atoms with Gasteiger partial charge >= 0.3 is 0 Å². The molecule has 1 aromatic heterocycles. The zero-order valence-electron chi connectivity index (χ0n) is 10.5. The van der Waals surface area contributed by atoms with Crippen molar-refractivity contribution in [1.29, 1.82) is 0 Å². The van der Waals surface area contributed by atoms with Crippen LogP contribution in [0, 0.1) is 6.92 Å². The molecule has 0 aliphatic carbocycles. The SMILES string of the molecule is Cc1cc(OC(C)C)nc(N2CCC(Br)C2)n1. The van der Waals surface area contributed by atoms with E-state index in [1.54, 1.807) is 0 Å². The maximum absolute atomic E-state index is 5.63. The number of halogens is 1. The molecule has 0 saturated carbocycles. The van der Waals surface area contributed by atoms with Crippen LogP contribution in [0.2, 0.25) is 0 Å². The highest BCUT2D eigenvalue weighted by molar-refractivity contribution is 9.09. The molecule has 0 spiro atoms. The van der Waals surface area contributed by atoms with Crippen molar-refractivity contribution < 1.29 is 4.74 Å². The van der Waals surface area contributed by atoms with E-state index in [4.69, 9.17) is 4.74 Å². The van der Waals surface area contributed by atoms with Crippen molar-refractivity contribution in [3.63, 3.8) is 0 Å². The molecule has 0 bridgehead atoms. The van der Waals surface area contributed by atoms with Gasteiger partial charge < -0.3 is 9.64 Å². The number of aromatic nitrogens is 2. The second kappa shape index (κ2) is 5.21. The fourth-order valence-electron chi connectivity index (χ4n) is 1.87. The average molecular weight is 300 g/mol. The van der Waals surface area contributed by atoms with Gasteiger partial charge in [-0.1, -0.05) is 15.9 Å². The van der Waals surface area contributed by atoms with Crippen LogP contribution in [0.15, 0.2) is 6.07 Å². The molecule has 1 atom stereocenters. The van der Waals surface area contributed by atoms with Gasteiger partial charge in [0.1, 0.15) is 0 Å². The lowest BCUT2D eigenvalue weighted by Crippen LogP contribution is -2.23. The molecule has 0 amide bonds. The Labute approximate surface area is 111 Å². The summed E-state index contributed by atoms with van der Waals surface area (Å²) in [4.78, 5) is 11.7. The van der Waals surface area contributed by atoms with Crippen LogP contribution in [0.25, 0.3) is 0 Å². The Kier molecular flexibility index (Phi) is 3.86. The maximum atomic E-state index is 5.63. The van der Waals surface area contributed by atoms with Gasteiger partial charge in [0.25, 0.3) is 0 Å². The highest BCUT2D eigenvalue weighted by atomic mass is 79.9. The predicted molar refractivity (Wildman–Crippen MR) is 72.1 cm³/mol. The summed E-state index contributed by atoms with van der Waals surface area (Å²) in [6.07, 6.45) is 1.28. The van der Waals surface area contributed by atoms with Crippen LogP contribution in [0.5, 0.6) is 5.88 Å². The Bertz CT molecular complexity index is 397. The molecule has 2 rings (SSSR count). The quantitative estimate of drug-likeness (QED) is 0.804. The topological polar surface area (TPSA) is 38.2 Å². The van der Waals surface area contributed by atoms with Gasteiger partial charge in [-0.05, 0) is 27.2 Å². The largest absolute Gasteiger partial charge is 0.475 e. The van der Waals surface area contributed by atoms with E-state index in [2.05, 4.69) is 30.8 Å². The van der Waals surface area contributed by atoms with Gasteiger partial charge in [0.15, 0.2) is 0 Å². The highest BCUT2D eigenvalue weighted by Gasteiger charge is 2.22. The third-order valence-electron chi connectivity index (χ3n) is 2.59. The van der Waals surface area contributed by atoms with Crippen molar-refractivity contribution in [3.05, 3.63) is 11.8 Å². The molecule has 5 heteroatoms. The first-order valence-electron chi connectivity index (χ1n) is 5.96. The molecular formula is C12H18BrN3O. The lowest BCUT2D eigenvalue weighted by Gasteiger charge is -2.17. The van der Waals surface area contributed by atoms with Crippen molar-refractivity contribution in [2.75, 3.05) is 18.0 Å². The summed E-state index contributed by atoms with van der Waals surface area (Å²) in [6, 6.07) is 1.88. The fraction of sp³-hybridized carbons (Fsp3) is 0.667. The first-order valence-corrected chi connectivity index (χ1v) is 6.87. The molecule has 1 aliphatic rings. The molecule has 0 aromatic carbocycles. The third kappa shape index (κ3) is 3.31. The summed E-state index contributed by atoms with van der Waals surface area (Å²) in [7, 11) is 0. The first-order chi connectivity index (χ1) is 8.04. The molecule has 0 radical (unpaired) electrons. The number of hydrogen-bond acceptors (Lipinski definition) is 4. The molecular weight excluding hydrogens is 282 g/mol. The monoisotopic (exact) mass is 299 g/mol. The van der Waals surface area contributed by atoms with Gasteiger partial charge in [-0.2, -0.15) is 4.98 Å². The van der Waals surface area contributed by atoms with E-state index in [1.807, 2.05) is 26.8 Å². The predicted octanol–water partition coefficient (Wildman–Crippen LogP) is 2.55. The summed E-state index contributed by atoms with van der Waals surface area (Å²) in [5, 5.41) is 0. The number of ether oxygens (including phenoxy) is 1. The normalized spacial score (nSPS) is 20.1. The van der Waals surface area contributed by atoms with E-state index in [9.17, 15) is 0 Å². The summed E-state index contributed by atoms with van der Waals surface area (Å²) >= 11 is 3.62.